The maximum absolute atomic E-state index is 6.09. The number of hydrogen-bond acceptors (Lipinski definition) is 3. The van der Waals surface area contributed by atoms with Gasteiger partial charge in [-0.05, 0) is 63.3 Å². The van der Waals surface area contributed by atoms with E-state index in [4.69, 9.17) is 5.73 Å². The van der Waals surface area contributed by atoms with E-state index in [0.29, 0.717) is 5.41 Å². The average Bonchev–Trinajstić information content (AvgIpc) is 2.83. The highest BCUT2D eigenvalue weighted by Gasteiger charge is 2.33. The Labute approximate surface area is 115 Å². The molecule has 2 N–H and O–H groups in total. The fourth-order valence-electron chi connectivity index (χ4n) is 3.20. The fourth-order valence-corrected chi connectivity index (χ4v) is 3.98. The van der Waals surface area contributed by atoms with Crippen LogP contribution in [0.25, 0.3) is 0 Å². The quantitative estimate of drug-likeness (QED) is 0.877. The number of thiazole rings is 1. The van der Waals surface area contributed by atoms with Gasteiger partial charge in [-0.2, -0.15) is 0 Å². The molecule has 0 aromatic carbocycles. The molecule has 0 radical (unpaired) electrons. The largest absolute Gasteiger partial charge is 0.330 e. The van der Waals surface area contributed by atoms with Crippen molar-refractivity contribution in [2.45, 2.75) is 58.8 Å². The minimum atomic E-state index is 0.419. The van der Waals surface area contributed by atoms with Gasteiger partial charge in [0.05, 0.1) is 11.2 Å². The van der Waals surface area contributed by atoms with E-state index in [-0.39, 0.29) is 0 Å². The number of rotatable bonds is 5. The van der Waals surface area contributed by atoms with Gasteiger partial charge in [0.25, 0.3) is 0 Å². The molecule has 0 bridgehead atoms. The molecule has 0 atom stereocenters. The Balaban J connectivity index is 1.91. The summed E-state index contributed by atoms with van der Waals surface area (Å²) < 4.78 is 0. The van der Waals surface area contributed by atoms with E-state index in [0.717, 1.165) is 12.5 Å². The lowest BCUT2D eigenvalue weighted by atomic mass is 9.67. The lowest BCUT2D eigenvalue weighted by Crippen LogP contribution is -2.35. The summed E-state index contributed by atoms with van der Waals surface area (Å²) >= 11 is 1.80. The number of aryl methyl sites for hydroxylation is 2. The Kier molecular flexibility index (Phi) is 4.79. The molecule has 0 spiro atoms. The van der Waals surface area contributed by atoms with Crippen LogP contribution in [0.4, 0.5) is 0 Å². The Morgan fingerprint density at radius 2 is 2.17 bits per heavy atom. The van der Waals surface area contributed by atoms with E-state index in [2.05, 4.69) is 18.8 Å². The van der Waals surface area contributed by atoms with Crippen molar-refractivity contribution in [3.05, 3.63) is 16.1 Å². The molecule has 0 unspecified atom stereocenters. The fraction of sp³-hybridized carbons (Fsp3) is 0.800. The van der Waals surface area contributed by atoms with E-state index in [1.165, 1.54) is 55.5 Å². The summed E-state index contributed by atoms with van der Waals surface area (Å²) in [5.74, 6) is 0.954. The highest BCUT2D eigenvalue weighted by Crippen LogP contribution is 2.42. The lowest BCUT2D eigenvalue weighted by Gasteiger charge is -2.39. The van der Waals surface area contributed by atoms with E-state index < -0.39 is 0 Å². The molecule has 2 rings (SSSR count). The standard InChI is InChI=1S/C15H26N2S/c1-3-13-4-7-15(10-16,8-5-13)9-6-14-12(2)17-11-18-14/h11,13H,3-10,16H2,1-2H3. The second-order valence-corrected chi connectivity index (χ2v) is 6.86. The summed E-state index contributed by atoms with van der Waals surface area (Å²) in [5.41, 5.74) is 9.69. The third-order valence-corrected chi connectivity index (χ3v) is 5.90. The second-order valence-electron chi connectivity index (χ2n) is 5.92. The molecule has 1 aromatic rings. The Hall–Kier alpha value is -0.410. The summed E-state index contributed by atoms with van der Waals surface area (Å²) in [5, 5.41) is 0. The van der Waals surface area contributed by atoms with Crippen molar-refractivity contribution in [1.29, 1.82) is 0 Å². The van der Waals surface area contributed by atoms with Gasteiger partial charge in [-0.3, -0.25) is 0 Å². The van der Waals surface area contributed by atoms with Crippen LogP contribution in [0.1, 0.15) is 56.0 Å². The zero-order valence-corrected chi connectivity index (χ0v) is 12.6. The van der Waals surface area contributed by atoms with Crippen LogP contribution in [-0.4, -0.2) is 11.5 Å². The monoisotopic (exact) mass is 266 g/mol. The van der Waals surface area contributed by atoms with Crippen LogP contribution >= 0.6 is 11.3 Å². The van der Waals surface area contributed by atoms with Crippen molar-refractivity contribution >= 4 is 11.3 Å². The van der Waals surface area contributed by atoms with Crippen molar-refractivity contribution in [3.8, 4) is 0 Å². The maximum atomic E-state index is 6.09. The summed E-state index contributed by atoms with van der Waals surface area (Å²) in [6.45, 7) is 5.30. The molecular formula is C15H26N2S. The van der Waals surface area contributed by atoms with E-state index in [1.54, 1.807) is 11.3 Å². The highest BCUT2D eigenvalue weighted by molar-refractivity contribution is 7.09. The van der Waals surface area contributed by atoms with Crippen molar-refractivity contribution in [1.82, 2.24) is 4.98 Å². The van der Waals surface area contributed by atoms with Gasteiger partial charge >= 0.3 is 0 Å². The number of nitrogens with zero attached hydrogens (tertiary/aromatic N) is 1. The first-order chi connectivity index (χ1) is 8.69. The van der Waals surface area contributed by atoms with Gasteiger partial charge < -0.3 is 5.73 Å². The van der Waals surface area contributed by atoms with Gasteiger partial charge in [-0.15, -0.1) is 11.3 Å². The Morgan fingerprint density at radius 1 is 1.44 bits per heavy atom. The van der Waals surface area contributed by atoms with Gasteiger partial charge in [0.2, 0.25) is 0 Å². The zero-order chi connectivity index (χ0) is 13.0. The van der Waals surface area contributed by atoms with Crippen LogP contribution < -0.4 is 5.73 Å². The number of hydrogen-bond donors (Lipinski definition) is 1. The van der Waals surface area contributed by atoms with Crippen LogP contribution in [-0.2, 0) is 6.42 Å². The molecule has 1 aliphatic rings. The minimum absolute atomic E-state index is 0.419. The van der Waals surface area contributed by atoms with Crippen LogP contribution in [0.2, 0.25) is 0 Å². The van der Waals surface area contributed by atoms with E-state index in [1.807, 2.05) is 5.51 Å². The second kappa shape index (κ2) is 6.16. The summed E-state index contributed by atoms with van der Waals surface area (Å²) in [7, 11) is 0. The molecule has 1 aromatic heterocycles. The summed E-state index contributed by atoms with van der Waals surface area (Å²) in [4.78, 5) is 5.80. The highest BCUT2D eigenvalue weighted by atomic mass is 32.1. The summed E-state index contributed by atoms with van der Waals surface area (Å²) in [6.07, 6.45) is 9.20. The van der Waals surface area contributed by atoms with Crippen molar-refractivity contribution in [3.63, 3.8) is 0 Å². The topological polar surface area (TPSA) is 38.9 Å². The van der Waals surface area contributed by atoms with Crippen LogP contribution in [0.3, 0.4) is 0 Å². The van der Waals surface area contributed by atoms with Gasteiger partial charge in [0.15, 0.2) is 0 Å². The molecular weight excluding hydrogens is 240 g/mol. The Bertz CT molecular complexity index is 364. The first-order valence-corrected chi connectivity index (χ1v) is 8.16. The number of nitrogens with two attached hydrogens (primary N) is 1. The zero-order valence-electron chi connectivity index (χ0n) is 11.7. The van der Waals surface area contributed by atoms with Gasteiger partial charge in [-0.1, -0.05) is 13.3 Å². The Morgan fingerprint density at radius 3 is 2.67 bits per heavy atom. The van der Waals surface area contributed by atoms with Crippen molar-refractivity contribution in [2.24, 2.45) is 17.1 Å². The predicted octanol–water partition coefficient (Wildman–Crippen LogP) is 3.93. The van der Waals surface area contributed by atoms with Gasteiger partial charge in [-0.25, -0.2) is 4.98 Å². The predicted molar refractivity (Wildman–Crippen MR) is 78.9 cm³/mol. The molecule has 1 aliphatic carbocycles. The molecule has 102 valence electrons. The first-order valence-electron chi connectivity index (χ1n) is 7.28. The number of aromatic nitrogens is 1. The van der Waals surface area contributed by atoms with Gasteiger partial charge in [0, 0.05) is 4.88 Å². The smallest absolute Gasteiger partial charge is 0.0797 e. The third-order valence-electron chi connectivity index (χ3n) is 4.90. The molecule has 18 heavy (non-hydrogen) atoms. The third kappa shape index (κ3) is 3.12. The maximum Gasteiger partial charge on any atom is 0.0797 e. The minimum Gasteiger partial charge on any atom is -0.330 e. The molecule has 1 saturated carbocycles. The molecule has 0 amide bonds. The van der Waals surface area contributed by atoms with E-state index >= 15 is 0 Å². The molecule has 1 fully saturated rings. The average molecular weight is 266 g/mol. The normalized spacial score (nSPS) is 28.5. The molecule has 3 heteroatoms. The van der Waals surface area contributed by atoms with Crippen molar-refractivity contribution in [2.75, 3.05) is 6.54 Å². The molecule has 0 aliphatic heterocycles. The van der Waals surface area contributed by atoms with E-state index in [9.17, 15) is 0 Å². The molecule has 1 heterocycles. The SMILES string of the molecule is CCC1CCC(CN)(CCc2scnc2C)CC1. The first kappa shape index (κ1) is 14.0. The van der Waals surface area contributed by atoms with Crippen LogP contribution in [0.5, 0.6) is 0 Å². The molecule has 2 nitrogen and oxygen atoms in total. The van der Waals surface area contributed by atoms with Crippen molar-refractivity contribution < 1.29 is 0 Å². The van der Waals surface area contributed by atoms with Crippen LogP contribution in [0.15, 0.2) is 5.51 Å². The van der Waals surface area contributed by atoms with Crippen LogP contribution in [0, 0.1) is 18.3 Å². The molecule has 0 saturated heterocycles. The summed E-state index contributed by atoms with van der Waals surface area (Å²) in [6, 6.07) is 0. The lowest BCUT2D eigenvalue weighted by molar-refractivity contribution is 0.143. The van der Waals surface area contributed by atoms with Gasteiger partial charge in [0.1, 0.15) is 0 Å².